The second-order valence-electron chi connectivity index (χ2n) is 4.45. The summed E-state index contributed by atoms with van der Waals surface area (Å²) in [6.45, 7) is 9.10. The molecule has 0 unspecified atom stereocenters. The van der Waals surface area contributed by atoms with Crippen LogP contribution in [0.5, 0.6) is 0 Å². The van der Waals surface area contributed by atoms with Gasteiger partial charge in [-0.3, -0.25) is 0 Å². The lowest BCUT2D eigenvalue weighted by atomic mass is 10.2. The molecule has 0 saturated heterocycles. The van der Waals surface area contributed by atoms with Crippen molar-refractivity contribution in [3.63, 3.8) is 0 Å². The van der Waals surface area contributed by atoms with E-state index in [-0.39, 0.29) is 5.38 Å². The Morgan fingerprint density at radius 3 is 2.08 bits per heavy atom. The van der Waals surface area contributed by atoms with Crippen molar-refractivity contribution in [2.45, 2.75) is 31.9 Å². The maximum Gasteiger partial charge on any atom is 0.0780 e. The molecule has 2 heteroatoms. The van der Waals surface area contributed by atoms with Crippen LogP contribution in [0, 0.1) is 0 Å². The Balaban J connectivity index is 3.20. The molecule has 0 aliphatic carbocycles. The van der Waals surface area contributed by atoms with Crippen LogP contribution in [0.1, 0.15) is 17.9 Å². The summed E-state index contributed by atoms with van der Waals surface area (Å²) in [6, 6.07) is 8.54. The number of benzene rings is 1. The first-order valence-corrected chi connectivity index (χ1v) is 8.60. The lowest BCUT2D eigenvalue weighted by Crippen LogP contribution is -2.40. The SMILES string of the molecule is C[C@@H](Cl)c1ccccc1[Si](C)(C)C. The molecule has 0 aliphatic heterocycles. The lowest BCUT2D eigenvalue weighted by Gasteiger charge is -2.21. The molecular formula is C11H17ClSi. The third kappa shape index (κ3) is 2.58. The van der Waals surface area contributed by atoms with Crippen LogP contribution >= 0.6 is 11.6 Å². The standard InChI is InChI=1S/C11H17ClSi/c1-9(12)10-7-5-6-8-11(10)13(2,3)4/h5-9H,1-4H3/t9-/m1/s1. The number of rotatable bonds is 2. The smallest absolute Gasteiger partial charge is 0.0780 e. The molecule has 0 spiro atoms. The van der Waals surface area contributed by atoms with Crippen LogP contribution in [0.25, 0.3) is 0 Å². The van der Waals surface area contributed by atoms with E-state index < -0.39 is 8.07 Å². The van der Waals surface area contributed by atoms with Gasteiger partial charge in [-0.1, -0.05) is 49.1 Å². The zero-order valence-electron chi connectivity index (χ0n) is 8.76. The van der Waals surface area contributed by atoms with E-state index in [4.69, 9.17) is 11.6 Å². The van der Waals surface area contributed by atoms with Crippen LogP contribution in [-0.4, -0.2) is 8.07 Å². The fourth-order valence-corrected chi connectivity index (χ4v) is 3.57. The van der Waals surface area contributed by atoms with E-state index in [1.165, 1.54) is 10.8 Å². The van der Waals surface area contributed by atoms with Gasteiger partial charge in [0.1, 0.15) is 0 Å². The van der Waals surface area contributed by atoms with Crippen molar-refractivity contribution in [2.24, 2.45) is 0 Å². The fourth-order valence-electron chi connectivity index (χ4n) is 1.53. The number of alkyl halides is 1. The van der Waals surface area contributed by atoms with Crippen molar-refractivity contribution < 1.29 is 0 Å². The summed E-state index contributed by atoms with van der Waals surface area (Å²) in [5, 5.41) is 1.61. The molecule has 0 aliphatic rings. The topological polar surface area (TPSA) is 0 Å². The van der Waals surface area contributed by atoms with Gasteiger partial charge in [0, 0.05) is 0 Å². The normalized spacial score (nSPS) is 14.2. The summed E-state index contributed by atoms with van der Waals surface area (Å²) in [5.74, 6) is 0. The van der Waals surface area contributed by atoms with Crippen molar-refractivity contribution in [1.29, 1.82) is 0 Å². The zero-order valence-corrected chi connectivity index (χ0v) is 10.5. The van der Waals surface area contributed by atoms with Crippen molar-refractivity contribution in [2.75, 3.05) is 0 Å². The predicted molar refractivity (Wildman–Crippen MR) is 63.7 cm³/mol. The molecule has 0 nitrogen and oxygen atoms in total. The highest BCUT2D eigenvalue weighted by atomic mass is 35.5. The van der Waals surface area contributed by atoms with Crippen LogP contribution in [0.4, 0.5) is 0 Å². The maximum absolute atomic E-state index is 6.14. The monoisotopic (exact) mass is 212 g/mol. The second kappa shape index (κ2) is 3.85. The highest BCUT2D eigenvalue weighted by Gasteiger charge is 2.20. The fraction of sp³-hybridized carbons (Fsp3) is 0.455. The minimum atomic E-state index is -1.23. The molecule has 0 heterocycles. The van der Waals surface area contributed by atoms with E-state index in [2.05, 4.69) is 43.9 Å². The zero-order chi connectivity index (χ0) is 10.1. The van der Waals surface area contributed by atoms with Crippen molar-refractivity contribution in [3.05, 3.63) is 29.8 Å². The van der Waals surface area contributed by atoms with E-state index in [9.17, 15) is 0 Å². The first kappa shape index (κ1) is 10.8. The van der Waals surface area contributed by atoms with Crippen LogP contribution in [0.15, 0.2) is 24.3 Å². The van der Waals surface area contributed by atoms with Crippen LogP contribution < -0.4 is 5.19 Å². The van der Waals surface area contributed by atoms with Gasteiger partial charge in [0.25, 0.3) is 0 Å². The van der Waals surface area contributed by atoms with Gasteiger partial charge in [0.15, 0.2) is 0 Å². The number of halogens is 1. The Kier molecular flexibility index (Phi) is 3.20. The Morgan fingerprint density at radius 1 is 1.15 bits per heavy atom. The summed E-state index contributed by atoms with van der Waals surface area (Å²) in [6.07, 6.45) is 0. The van der Waals surface area contributed by atoms with Gasteiger partial charge in [0.05, 0.1) is 13.5 Å². The molecule has 1 aromatic carbocycles. The Labute approximate surface area is 86.9 Å². The van der Waals surface area contributed by atoms with E-state index >= 15 is 0 Å². The van der Waals surface area contributed by atoms with E-state index in [1.807, 2.05) is 6.92 Å². The largest absolute Gasteiger partial charge is 0.118 e. The van der Waals surface area contributed by atoms with Gasteiger partial charge in [0.2, 0.25) is 0 Å². The molecule has 0 radical (unpaired) electrons. The highest BCUT2D eigenvalue weighted by molar-refractivity contribution is 6.89. The van der Waals surface area contributed by atoms with Crippen LogP contribution in [0.3, 0.4) is 0 Å². The average Bonchev–Trinajstić information content (AvgIpc) is 2.03. The third-order valence-electron chi connectivity index (χ3n) is 2.20. The molecule has 0 aromatic heterocycles. The van der Waals surface area contributed by atoms with Gasteiger partial charge in [-0.2, -0.15) is 0 Å². The number of hydrogen-bond acceptors (Lipinski definition) is 0. The van der Waals surface area contributed by atoms with E-state index in [0.717, 1.165) is 0 Å². The molecule has 1 aromatic rings. The van der Waals surface area contributed by atoms with Crippen molar-refractivity contribution in [3.8, 4) is 0 Å². The van der Waals surface area contributed by atoms with Gasteiger partial charge in [-0.25, -0.2) is 0 Å². The van der Waals surface area contributed by atoms with Crippen molar-refractivity contribution in [1.82, 2.24) is 0 Å². The molecular weight excluding hydrogens is 196 g/mol. The van der Waals surface area contributed by atoms with E-state index in [0.29, 0.717) is 0 Å². The predicted octanol–water partition coefficient (Wildman–Crippen LogP) is 3.53. The molecule has 0 saturated carbocycles. The lowest BCUT2D eigenvalue weighted by molar-refractivity contribution is 1.09. The highest BCUT2D eigenvalue weighted by Crippen LogP contribution is 2.19. The second-order valence-corrected chi connectivity index (χ2v) is 10.1. The maximum atomic E-state index is 6.14. The molecule has 0 N–H and O–H groups in total. The molecule has 0 bridgehead atoms. The molecule has 1 atom stereocenters. The summed E-state index contributed by atoms with van der Waals surface area (Å²) in [4.78, 5) is 0. The molecule has 1 rings (SSSR count). The Hall–Kier alpha value is -0.273. The molecule has 13 heavy (non-hydrogen) atoms. The Bertz CT molecular complexity index is 286. The van der Waals surface area contributed by atoms with Gasteiger partial charge < -0.3 is 0 Å². The third-order valence-corrected chi connectivity index (χ3v) is 4.50. The summed E-state index contributed by atoms with van der Waals surface area (Å²) >= 11 is 6.14. The number of hydrogen-bond donors (Lipinski definition) is 0. The first-order valence-electron chi connectivity index (χ1n) is 4.66. The Morgan fingerprint density at radius 2 is 1.69 bits per heavy atom. The van der Waals surface area contributed by atoms with Crippen LogP contribution in [0.2, 0.25) is 19.6 Å². The van der Waals surface area contributed by atoms with Gasteiger partial charge in [-0.15, -0.1) is 11.6 Å². The quantitative estimate of drug-likeness (QED) is 0.520. The minimum Gasteiger partial charge on any atom is -0.118 e. The molecule has 72 valence electrons. The first-order chi connectivity index (χ1) is 5.93. The molecule has 0 fully saturated rings. The van der Waals surface area contributed by atoms with Gasteiger partial charge >= 0.3 is 0 Å². The minimum absolute atomic E-state index is 0.128. The van der Waals surface area contributed by atoms with E-state index in [1.54, 1.807) is 0 Å². The molecule has 0 amide bonds. The average molecular weight is 213 g/mol. The summed E-state index contributed by atoms with van der Waals surface area (Å²) in [5.41, 5.74) is 1.31. The van der Waals surface area contributed by atoms with Gasteiger partial charge in [-0.05, 0) is 12.5 Å². The van der Waals surface area contributed by atoms with Crippen LogP contribution in [-0.2, 0) is 0 Å². The van der Waals surface area contributed by atoms with Crippen molar-refractivity contribution >= 4 is 24.9 Å². The summed E-state index contributed by atoms with van der Waals surface area (Å²) in [7, 11) is -1.23. The summed E-state index contributed by atoms with van der Waals surface area (Å²) < 4.78 is 0.